The standard InChI is InChI=1S/C18H30N2O/c1-3-11-19-14-16-8-5-6-10-18(16)20-12-7-9-17(15-20)21-13-4-2/h5-6,8,10,17,19H,3-4,7,9,11-15H2,1-2H3. The van der Waals surface area contributed by atoms with Gasteiger partial charge < -0.3 is 15.0 Å². The van der Waals surface area contributed by atoms with Crippen molar-refractivity contribution in [2.45, 2.75) is 52.2 Å². The molecule has 118 valence electrons. The third kappa shape index (κ3) is 5.01. The van der Waals surface area contributed by atoms with Gasteiger partial charge in [-0.05, 0) is 43.9 Å². The Morgan fingerprint density at radius 2 is 2.10 bits per heavy atom. The molecule has 1 aromatic carbocycles. The first kappa shape index (κ1) is 16.3. The Morgan fingerprint density at radius 3 is 2.90 bits per heavy atom. The fraction of sp³-hybridized carbons (Fsp3) is 0.667. The molecule has 3 nitrogen and oxygen atoms in total. The highest BCUT2D eigenvalue weighted by molar-refractivity contribution is 5.54. The quantitative estimate of drug-likeness (QED) is 0.741. The number of para-hydroxylation sites is 1. The highest BCUT2D eigenvalue weighted by Gasteiger charge is 2.21. The minimum absolute atomic E-state index is 0.398. The SMILES string of the molecule is CCCNCc1ccccc1N1CCCC(OCCC)C1. The van der Waals surface area contributed by atoms with Crippen LogP contribution in [0.25, 0.3) is 0 Å². The summed E-state index contributed by atoms with van der Waals surface area (Å²) in [5.41, 5.74) is 2.79. The molecule has 21 heavy (non-hydrogen) atoms. The number of piperidine rings is 1. The molecule has 1 fully saturated rings. The van der Waals surface area contributed by atoms with Crippen molar-refractivity contribution in [1.29, 1.82) is 0 Å². The predicted octanol–water partition coefficient (Wildman–Crippen LogP) is 3.58. The van der Waals surface area contributed by atoms with Gasteiger partial charge in [0, 0.05) is 31.9 Å². The van der Waals surface area contributed by atoms with Crippen molar-refractivity contribution < 1.29 is 4.74 Å². The highest BCUT2D eigenvalue weighted by atomic mass is 16.5. The number of nitrogens with one attached hydrogen (secondary N) is 1. The van der Waals surface area contributed by atoms with Crippen LogP contribution in [0.4, 0.5) is 5.69 Å². The van der Waals surface area contributed by atoms with Crippen LogP contribution in [-0.2, 0) is 11.3 Å². The van der Waals surface area contributed by atoms with Gasteiger partial charge in [0.15, 0.2) is 0 Å². The smallest absolute Gasteiger partial charge is 0.0750 e. The molecule has 0 radical (unpaired) electrons. The predicted molar refractivity (Wildman–Crippen MR) is 89.9 cm³/mol. The molecule has 0 amide bonds. The molecule has 1 N–H and O–H groups in total. The molecule has 0 saturated carbocycles. The molecule has 0 bridgehead atoms. The fourth-order valence-electron chi connectivity index (χ4n) is 2.95. The maximum atomic E-state index is 5.96. The van der Waals surface area contributed by atoms with Crippen LogP contribution in [0.5, 0.6) is 0 Å². The summed E-state index contributed by atoms with van der Waals surface area (Å²) in [5, 5.41) is 3.52. The zero-order chi connectivity index (χ0) is 14.9. The Hall–Kier alpha value is -1.06. The summed E-state index contributed by atoms with van der Waals surface area (Å²) in [6, 6.07) is 8.79. The van der Waals surface area contributed by atoms with Crippen LogP contribution in [0, 0.1) is 0 Å². The molecule has 1 aromatic rings. The average molecular weight is 290 g/mol. The number of benzene rings is 1. The molecule has 0 aliphatic carbocycles. The van der Waals surface area contributed by atoms with Gasteiger partial charge in [-0.3, -0.25) is 0 Å². The van der Waals surface area contributed by atoms with Crippen molar-refractivity contribution in [3.8, 4) is 0 Å². The lowest BCUT2D eigenvalue weighted by molar-refractivity contribution is 0.0440. The van der Waals surface area contributed by atoms with Crippen LogP contribution in [0.3, 0.4) is 0 Å². The highest BCUT2D eigenvalue weighted by Crippen LogP contribution is 2.25. The average Bonchev–Trinajstić information content (AvgIpc) is 2.54. The van der Waals surface area contributed by atoms with Crippen molar-refractivity contribution in [3.63, 3.8) is 0 Å². The summed E-state index contributed by atoms with van der Waals surface area (Å²) in [7, 11) is 0. The van der Waals surface area contributed by atoms with E-state index in [-0.39, 0.29) is 0 Å². The van der Waals surface area contributed by atoms with Crippen LogP contribution in [0.1, 0.15) is 45.1 Å². The van der Waals surface area contributed by atoms with Gasteiger partial charge in [-0.25, -0.2) is 0 Å². The molecule has 3 heteroatoms. The second kappa shape index (κ2) is 9.06. The van der Waals surface area contributed by atoms with Gasteiger partial charge in [0.25, 0.3) is 0 Å². The minimum atomic E-state index is 0.398. The molecule has 1 aliphatic rings. The van der Waals surface area contributed by atoms with Gasteiger partial charge >= 0.3 is 0 Å². The van der Waals surface area contributed by atoms with E-state index in [0.29, 0.717) is 6.10 Å². The third-order valence-corrected chi connectivity index (χ3v) is 4.01. The Kier molecular flexibility index (Phi) is 7.04. The van der Waals surface area contributed by atoms with Crippen LogP contribution in [-0.4, -0.2) is 32.3 Å². The van der Waals surface area contributed by atoms with Gasteiger partial charge in [-0.1, -0.05) is 32.0 Å². The summed E-state index contributed by atoms with van der Waals surface area (Å²) in [6.07, 6.45) is 5.11. The molecule has 1 atom stereocenters. The van der Waals surface area contributed by atoms with Gasteiger partial charge in [-0.2, -0.15) is 0 Å². The van der Waals surface area contributed by atoms with E-state index in [1.165, 1.54) is 30.5 Å². The zero-order valence-electron chi connectivity index (χ0n) is 13.6. The van der Waals surface area contributed by atoms with Gasteiger partial charge in [0.05, 0.1) is 6.10 Å². The fourth-order valence-corrected chi connectivity index (χ4v) is 2.95. The summed E-state index contributed by atoms with van der Waals surface area (Å²) < 4.78 is 5.96. The largest absolute Gasteiger partial charge is 0.376 e. The monoisotopic (exact) mass is 290 g/mol. The van der Waals surface area contributed by atoms with Crippen LogP contribution < -0.4 is 10.2 Å². The number of hydrogen-bond donors (Lipinski definition) is 1. The lowest BCUT2D eigenvalue weighted by Crippen LogP contribution is -2.40. The second-order valence-corrected chi connectivity index (χ2v) is 5.89. The molecule has 1 aliphatic heterocycles. The Labute approximate surface area is 129 Å². The van der Waals surface area contributed by atoms with Gasteiger partial charge in [0.1, 0.15) is 0 Å². The van der Waals surface area contributed by atoms with Crippen LogP contribution >= 0.6 is 0 Å². The number of rotatable bonds is 8. The van der Waals surface area contributed by atoms with E-state index in [9.17, 15) is 0 Å². The van der Waals surface area contributed by atoms with E-state index in [1.54, 1.807) is 0 Å². The summed E-state index contributed by atoms with van der Waals surface area (Å²) in [4.78, 5) is 2.51. The Bertz CT molecular complexity index is 408. The molecule has 2 rings (SSSR count). The van der Waals surface area contributed by atoms with E-state index in [0.717, 1.165) is 39.2 Å². The first-order valence-corrected chi connectivity index (χ1v) is 8.50. The van der Waals surface area contributed by atoms with E-state index < -0.39 is 0 Å². The molecule has 1 saturated heterocycles. The van der Waals surface area contributed by atoms with Crippen LogP contribution in [0.15, 0.2) is 24.3 Å². The summed E-state index contributed by atoms with van der Waals surface area (Å²) in [5.74, 6) is 0. The summed E-state index contributed by atoms with van der Waals surface area (Å²) >= 11 is 0. The molecule has 1 heterocycles. The minimum Gasteiger partial charge on any atom is -0.376 e. The topological polar surface area (TPSA) is 24.5 Å². The molecule has 0 aromatic heterocycles. The van der Waals surface area contributed by atoms with Crippen molar-refractivity contribution in [2.24, 2.45) is 0 Å². The number of anilines is 1. The van der Waals surface area contributed by atoms with Crippen molar-refractivity contribution in [2.75, 3.05) is 31.1 Å². The Morgan fingerprint density at radius 1 is 1.24 bits per heavy atom. The third-order valence-electron chi connectivity index (χ3n) is 4.01. The van der Waals surface area contributed by atoms with Crippen molar-refractivity contribution >= 4 is 5.69 Å². The molecular formula is C18H30N2O. The lowest BCUT2D eigenvalue weighted by atomic mass is 10.0. The summed E-state index contributed by atoms with van der Waals surface area (Å²) in [6.45, 7) is 9.49. The number of nitrogens with zero attached hydrogens (tertiary/aromatic N) is 1. The first-order chi connectivity index (χ1) is 10.3. The molecule has 1 unspecified atom stereocenters. The first-order valence-electron chi connectivity index (χ1n) is 8.50. The maximum absolute atomic E-state index is 5.96. The van der Waals surface area contributed by atoms with E-state index >= 15 is 0 Å². The number of hydrogen-bond acceptors (Lipinski definition) is 3. The van der Waals surface area contributed by atoms with E-state index in [2.05, 4.69) is 48.3 Å². The van der Waals surface area contributed by atoms with Crippen molar-refractivity contribution in [3.05, 3.63) is 29.8 Å². The Balaban J connectivity index is 1.99. The van der Waals surface area contributed by atoms with Gasteiger partial charge in [-0.15, -0.1) is 0 Å². The molecular weight excluding hydrogens is 260 g/mol. The van der Waals surface area contributed by atoms with Gasteiger partial charge in [0.2, 0.25) is 0 Å². The number of ether oxygens (including phenoxy) is 1. The van der Waals surface area contributed by atoms with E-state index in [4.69, 9.17) is 4.74 Å². The lowest BCUT2D eigenvalue weighted by Gasteiger charge is -2.35. The van der Waals surface area contributed by atoms with E-state index in [1.807, 2.05) is 0 Å². The normalized spacial score (nSPS) is 19.0. The zero-order valence-corrected chi connectivity index (χ0v) is 13.6. The maximum Gasteiger partial charge on any atom is 0.0750 e. The van der Waals surface area contributed by atoms with Crippen LogP contribution in [0.2, 0.25) is 0 Å². The second-order valence-electron chi connectivity index (χ2n) is 5.89. The molecule has 0 spiro atoms. The van der Waals surface area contributed by atoms with Crippen molar-refractivity contribution in [1.82, 2.24) is 5.32 Å².